The predicted molar refractivity (Wildman–Crippen MR) is 78.8 cm³/mol. The van der Waals surface area contributed by atoms with E-state index in [1.807, 2.05) is 54.6 Å². The Hall–Kier alpha value is -2.04. The summed E-state index contributed by atoms with van der Waals surface area (Å²) >= 11 is 0. The molecule has 0 aliphatic rings. The molecule has 3 N–H and O–H groups in total. The van der Waals surface area contributed by atoms with E-state index in [9.17, 15) is 5.11 Å². The van der Waals surface area contributed by atoms with Gasteiger partial charge in [0.15, 0.2) is 0 Å². The van der Waals surface area contributed by atoms with Crippen LogP contribution in [0.2, 0.25) is 0 Å². The van der Waals surface area contributed by atoms with Crippen LogP contribution < -0.4 is 10.1 Å². The second-order valence-corrected chi connectivity index (χ2v) is 4.52. The highest BCUT2D eigenvalue weighted by Crippen LogP contribution is 2.17. The first-order chi connectivity index (χ1) is 9.78. The van der Waals surface area contributed by atoms with Crippen LogP contribution >= 0.6 is 0 Å². The maximum Gasteiger partial charge on any atom is 0.119 e. The first-order valence-corrected chi connectivity index (χ1v) is 6.57. The molecule has 2 aromatic rings. The average Bonchev–Trinajstić information content (AvgIpc) is 2.52. The normalized spacial score (nSPS) is 11.9. The van der Waals surface area contributed by atoms with Crippen molar-refractivity contribution < 1.29 is 14.9 Å². The predicted octanol–water partition coefficient (Wildman–Crippen LogP) is 2.03. The zero-order chi connectivity index (χ0) is 14.2. The second-order valence-electron chi connectivity index (χ2n) is 4.52. The number of aliphatic hydroxyl groups is 2. The fourth-order valence-electron chi connectivity index (χ4n) is 1.71. The van der Waals surface area contributed by atoms with Crippen molar-refractivity contribution in [2.75, 3.05) is 18.5 Å². The van der Waals surface area contributed by atoms with E-state index in [0.717, 1.165) is 17.0 Å². The van der Waals surface area contributed by atoms with Crippen LogP contribution in [0, 0.1) is 0 Å². The molecule has 1 unspecified atom stereocenters. The van der Waals surface area contributed by atoms with Crippen LogP contribution in [0.5, 0.6) is 5.75 Å². The summed E-state index contributed by atoms with van der Waals surface area (Å²) in [6.07, 6.45) is -0.746. The molecule has 0 spiro atoms. The zero-order valence-electron chi connectivity index (χ0n) is 11.2. The van der Waals surface area contributed by atoms with Gasteiger partial charge in [-0.25, -0.2) is 0 Å². The van der Waals surface area contributed by atoms with E-state index in [0.29, 0.717) is 13.2 Å². The molecule has 0 saturated carbocycles. The Morgan fingerprint density at radius 2 is 1.70 bits per heavy atom. The Labute approximate surface area is 118 Å². The van der Waals surface area contributed by atoms with Crippen LogP contribution in [-0.4, -0.2) is 29.5 Å². The van der Waals surface area contributed by atoms with Gasteiger partial charge in [-0.05, 0) is 29.8 Å². The summed E-state index contributed by atoms with van der Waals surface area (Å²) in [5.41, 5.74) is 2.00. The highest BCUT2D eigenvalue weighted by molar-refractivity contribution is 5.46. The minimum absolute atomic E-state index is 0.245. The molecular weight excluding hydrogens is 254 g/mol. The van der Waals surface area contributed by atoms with Crippen molar-refractivity contribution in [3.8, 4) is 5.75 Å². The fraction of sp³-hybridized carbons (Fsp3) is 0.250. The summed E-state index contributed by atoms with van der Waals surface area (Å²) < 4.78 is 5.68. The SMILES string of the molecule is OCC(O)CNc1ccc(OCc2ccccc2)cc1. The Bertz CT molecular complexity index is 499. The lowest BCUT2D eigenvalue weighted by Gasteiger charge is -2.11. The van der Waals surface area contributed by atoms with Gasteiger partial charge in [0.25, 0.3) is 0 Å². The van der Waals surface area contributed by atoms with Gasteiger partial charge in [-0.15, -0.1) is 0 Å². The number of hydrogen-bond donors (Lipinski definition) is 3. The van der Waals surface area contributed by atoms with Gasteiger partial charge in [0.1, 0.15) is 12.4 Å². The standard InChI is InChI=1S/C16H19NO3/c18-11-15(19)10-17-14-6-8-16(9-7-14)20-12-13-4-2-1-3-5-13/h1-9,15,17-19H,10-12H2. The van der Waals surface area contributed by atoms with E-state index in [1.165, 1.54) is 0 Å². The lowest BCUT2D eigenvalue weighted by molar-refractivity contribution is 0.105. The fourth-order valence-corrected chi connectivity index (χ4v) is 1.71. The molecule has 4 heteroatoms. The summed E-state index contributed by atoms with van der Waals surface area (Å²) in [7, 11) is 0. The monoisotopic (exact) mass is 273 g/mol. The summed E-state index contributed by atoms with van der Waals surface area (Å²) in [6.45, 7) is 0.614. The third-order valence-electron chi connectivity index (χ3n) is 2.86. The van der Waals surface area contributed by atoms with Crippen LogP contribution in [0.15, 0.2) is 54.6 Å². The van der Waals surface area contributed by atoms with Crippen LogP contribution in [0.4, 0.5) is 5.69 Å². The van der Waals surface area contributed by atoms with Crippen molar-refractivity contribution in [1.29, 1.82) is 0 Å². The minimum Gasteiger partial charge on any atom is -0.489 e. The van der Waals surface area contributed by atoms with Gasteiger partial charge < -0.3 is 20.3 Å². The second kappa shape index (κ2) is 7.53. The molecule has 0 heterocycles. The summed E-state index contributed by atoms with van der Waals surface area (Å²) in [5.74, 6) is 0.794. The van der Waals surface area contributed by atoms with Gasteiger partial charge in [-0.2, -0.15) is 0 Å². The van der Waals surface area contributed by atoms with E-state index in [-0.39, 0.29) is 6.61 Å². The first kappa shape index (κ1) is 14.4. The van der Waals surface area contributed by atoms with Crippen molar-refractivity contribution in [2.24, 2.45) is 0 Å². The molecule has 0 bridgehead atoms. The molecule has 0 aromatic heterocycles. The Morgan fingerprint density at radius 3 is 2.35 bits per heavy atom. The smallest absolute Gasteiger partial charge is 0.119 e. The summed E-state index contributed by atoms with van der Waals surface area (Å²) in [5, 5.41) is 21.0. The molecular formula is C16H19NO3. The van der Waals surface area contributed by atoms with Gasteiger partial charge in [-0.3, -0.25) is 0 Å². The van der Waals surface area contributed by atoms with Gasteiger partial charge in [0.05, 0.1) is 12.7 Å². The van der Waals surface area contributed by atoms with Crippen LogP contribution in [0.25, 0.3) is 0 Å². The molecule has 0 aliphatic heterocycles. The van der Waals surface area contributed by atoms with Crippen molar-refractivity contribution >= 4 is 5.69 Å². The number of benzene rings is 2. The third-order valence-corrected chi connectivity index (χ3v) is 2.86. The maximum atomic E-state index is 9.25. The van der Waals surface area contributed by atoms with Crippen LogP contribution in [-0.2, 0) is 6.61 Å². The number of ether oxygens (including phenoxy) is 1. The molecule has 1 atom stereocenters. The summed E-state index contributed by atoms with van der Waals surface area (Å²) in [6, 6.07) is 17.5. The molecule has 20 heavy (non-hydrogen) atoms. The number of hydrogen-bond acceptors (Lipinski definition) is 4. The van der Waals surface area contributed by atoms with Gasteiger partial charge in [0.2, 0.25) is 0 Å². The van der Waals surface area contributed by atoms with E-state index in [4.69, 9.17) is 9.84 Å². The van der Waals surface area contributed by atoms with Gasteiger partial charge in [0, 0.05) is 12.2 Å². The Balaban J connectivity index is 1.82. The van der Waals surface area contributed by atoms with Crippen LogP contribution in [0.1, 0.15) is 5.56 Å². The largest absolute Gasteiger partial charge is 0.489 e. The highest BCUT2D eigenvalue weighted by Gasteiger charge is 2.01. The van der Waals surface area contributed by atoms with Gasteiger partial charge in [-0.1, -0.05) is 30.3 Å². The average molecular weight is 273 g/mol. The van der Waals surface area contributed by atoms with E-state index in [2.05, 4.69) is 5.32 Å². The molecule has 106 valence electrons. The third kappa shape index (κ3) is 4.57. The maximum absolute atomic E-state index is 9.25. The molecule has 4 nitrogen and oxygen atoms in total. The molecule has 2 aromatic carbocycles. The van der Waals surface area contributed by atoms with Crippen molar-refractivity contribution in [3.05, 3.63) is 60.2 Å². The van der Waals surface area contributed by atoms with Crippen molar-refractivity contribution in [3.63, 3.8) is 0 Å². The number of rotatable bonds is 7. The van der Waals surface area contributed by atoms with Gasteiger partial charge >= 0.3 is 0 Å². The lowest BCUT2D eigenvalue weighted by atomic mass is 10.2. The molecule has 0 fully saturated rings. The van der Waals surface area contributed by atoms with E-state index < -0.39 is 6.10 Å². The molecule has 0 radical (unpaired) electrons. The summed E-state index contributed by atoms with van der Waals surface area (Å²) in [4.78, 5) is 0. The zero-order valence-corrected chi connectivity index (χ0v) is 11.2. The quantitative estimate of drug-likeness (QED) is 0.722. The molecule has 2 rings (SSSR count). The lowest BCUT2D eigenvalue weighted by Crippen LogP contribution is -2.22. The van der Waals surface area contributed by atoms with E-state index >= 15 is 0 Å². The molecule has 0 saturated heterocycles. The van der Waals surface area contributed by atoms with Crippen LogP contribution in [0.3, 0.4) is 0 Å². The minimum atomic E-state index is -0.746. The Kier molecular flexibility index (Phi) is 5.41. The molecule has 0 aliphatic carbocycles. The Morgan fingerprint density at radius 1 is 1.00 bits per heavy atom. The molecule has 0 amide bonds. The highest BCUT2D eigenvalue weighted by atomic mass is 16.5. The topological polar surface area (TPSA) is 61.7 Å². The first-order valence-electron chi connectivity index (χ1n) is 6.57. The van der Waals surface area contributed by atoms with E-state index in [1.54, 1.807) is 0 Å². The number of nitrogens with one attached hydrogen (secondary N) is 1. The number of aliphatic hydroxyl groups excluding tert-OH is 2. The number of anilines is 1. The van der Waals surface area contributed by atoms with Crippen molar-refractivity contribution in [1.82, 2.24) is 0 Å². The van der Waals surface area contributed by atoms with Crippen molar-refractivity contribution in [2.45, 2.75) is 12.7 Å².